The van der Waals surface area contributed by atoms with Crippen molar-refractivity contribution in [1.82, 2.24) is 20.2 Å². The Bertz CT molecular complexity index is 1080. The molecule has 1 N–H and O–H groups in total. The summed E-state index contributed by atoms with van der Waals surface area (Å²) in [5, 5.41) is 10.8. The largest absolute Gasteiger partial charge is 0.419 e. The number of H-pyrrole nitrogens is 1. The number of hydrogen-bond donors (Lipinski definition) is 1. The fourth-order valence-electron chi connectivity index (χ4n) is 2.41. The summed E-state index contributed by atoms with van der Waals surface area (Å²) in [6.45, 7) is 3.97. The average Bonchev–Trinajstić information content (AvgIpc) is 3.29. The van der Waals surface area contributed by atoms with Gasteiger partial charge in [0.05, 0.1) is 21.8 Å². The van der Waals surface area contributed by atoms with E-state index in [2.05, 4.69) is 20.2 Å². The molecule has 0 bridgehead atoms. The number of nitrogens with one attached hydrogen (secondary N) is 1. The molecule has 4 heterocycles. The second-order valence-electron chi connectivity index (χ2n) is 5.45. The quantitative estimate of drug-likeness (QED) is 0.551. The predicted octanol–water partition coefficient (Wildman–Crippen LogP) is 4.15. The summed E-state index contributed by atoms with van der Waals surface area (Å²) in [6.07, 6.45) is 0. The van der Waals surface area contributed by atoms with Crippen molar-refractivity contribution in [2.45, 2.75) is 25.4 Å². The number of thiophene rings is 2. The van der Waals surface area contributed by atoms with E-state index in [1.54, 1.807) is 34.4 Å². The van der Waals surface area contributed by atoms with Crippen molar-refractivity contribution >= 4 is 44.7 Å². The molecule has 0 aromatic carbocycles. The van der Waals surface area contributed by atoms with Gasteiger partial charge in [-0.05, 0) is 30.9 Å². The Morgan fingerprint density at radius 3 is 2.96 bits per heavy atom. The van der Waals surface area contributed by atoms with Gasteiger partial charge < -0.3 is 9.40 Å². The van der Waals surface area contributed by atoms with Crippen LogP contribution in [0.5, 0.6) is 0 Å². The molecular weight excluding hydrogens is 376 g/mol. The maximum Gasteiger partial charge on any atom is 0.259 e. The first-order valence-corrected chi connectivity index (χ1v) is 10.4. The van der Waals surface area contributed by atoms with Gasteiger partial charge in [0.1, 0.15) is 10.7 Å². The van der Waals surface area contributed by atoms with Crippen LogP contribution in [0, 0.1) is 13.8 Å². The highest BCUT2D eigenvalue weighted by Gasteiger charge is 2.13. The third kappa shape index (κ3) is 3.26. The summed E-state index contributed by atoms with van der Waals surface area (Å²) < 4.78 is 5.66. The number of rotatable bonds is 5. The highest BCUT2D eigenvalue weighted by molar-refractivity contribution is 7.97. The average molecular weight is 391 g/mol. The Kier molecular flexibility index (Phi) is 4.45. The Morgan fingerprint density at radius 2 is 2.16 bits per heavy atom. The molecule has 0 spiro atoms. The zero-order valence-electron chi connectivity index (χ0n) is 13.5. The normalized spacial score (nSPS) is 11.4. The molecule has 0 atom stereocenters. The molecule has 0 unspecified atom stereocenters. The minimum Gasteiger partial charge on any atom is -0.419 e. The maximum atomic E-state index is 12.3. The van der Waals surface area contributed by atoms with Gasteiger partial charge in [-0.25, -0.2) is 4.98 Å². The molecule has 0 radical (unpaired) electrons. The number of aromatic amines is 1. The van der Waals surface area contributed by atoms with E-state index in [0.717, 1.165) is 20.1 Å². The number of nitrogens with zero attached hydrogens (tertiary/aromatic N) is 3. The first kappa shape index (κ1) is 16.5. The van der Waals surface area contributed by atoms with Gasteiger partial charge in [0, 0.05) is 4.88 Å². The van der Waals surface area contributed by atoms with Crippen LogP contribution in [-0.2, 0) is 11.5 Å². The lowest BCUT2D eigenvalue weighted by Gasteiger charge is -2.00. The van der Waals surface area contributed by atoms with Crippen molar-refractivity contribution < 1.29 is 4.42 Å². The standard InChI is InChI=1S/C16H14N4O2S3/c1-8-9(2)25-16-13(8)14(21)17-11(18-16)6-23-7-12-19-20-15(22-12)10-4-3-5-24-10/h3-5H,6-7H2,1-2H3,(H,17,18,21). The SMILES string of the molecule is Cc1sc2nc(CSCc3nnc(-c4cccs4)o3)[nH]c(=O)c2c1C. The molecule has 0 aliphatic heterocycles. The van der Waals surface area contributed by atoms with E-state index in [1.165, 1.54) is 0 Å². The smallest absolute Gasteiger partial charge is 0.259 e. The van der Waals surface area contributed by atoms with Gasteiger partial charge >= 0.3 is 0 Å². The molecule has 4 rings (SSSR count). The van der Waals surface area contributed by atoms with Crippen molar-refractivity contribution in [3.05, 3.63) is 50.0 Å². The van der Waals surface area contributed by atoms with Crippen molar-refractivity contribution in [2.24, 2.45) is 0 Å². The molecule has 128 valence electrons. The second-order valence-corrected chi connectivity index (χ2v) is 8.58. The molecule has 4 aromatic heterocycles. The van der Waals surface area contributed by atoms with Crippen LogP contribution in [0.25, 0.3) is 21.0 Å². The highest BCUT2D eigenvalue weighted by Crippen LogP contribution is 2.27. The fourth-order valence-corrected chi connectivity index (χ4v) is 4.83. The van der Waals surface area contributed by atoms with Gasteiger partial charge in [-0.2, -0.15) is 0 Å². The summed E-state index contributed by atoms with van der Waals surface area (Å²) in [6, 6.07) is 3.90. The fraction of sp³-hybridized carbons (Fsp3) is 0.250. The molecule has 0 fully saturated rings. The molecule has 0 saturated carbocycles. The van der Waals surface area contributed by atoms with E-state index in [0.29, 0.717) is 34.5 Å². The van der Waals surface area contributed by atoms with Crippen LogP contribution in [0.4, 0.5) is 0 Å². The zero-order chi connectivity index (χ0) is 17.4. The first-order chi connectivity index (χ1) is 12.1. The monoisotopic (exact) mass is 390 g/mol. The summed E-state index contributed by atoms with van der Waals surface area (Å²) in [5.41, 5.74) is 0.945. The minimum absolute atomic E-state index is 0.0692. The van der Waals surface area contributed by atoms with E-state index in [9.17, 15) is 4.79 Å². The van der Waals surface area contributed by atoms with E-state index < -0.39 is 0 Å². The number of hydrogen-bond acceptors (Lipinski definition) is 8. The van der Waals surface area contributed by atoms with Crippen LogP contribution in [-0.4, -0.2) is 20.2 Å². The minimum atomic E-state index is -0.0692. The number of aryl methyl sites for hydroxylation is 2. The van der Waals surface area contributed by atoms with Crippen molar-refractivity contribution in [1.29, 1.82) is 0 Å². The number of fused-ring (bicyclic) bond motifs is 1. The topological polar surface area (TPSA) is 84.7 Å². The lowest BCUT2D eigenvalue weighted by atomic mass is 10.2. The Morgan fingerprint density at radius 1 is 1.28 bits per heavy atom. The van der Waals surface area contributed by atoms with Crippen LogP contribution in [0.1, 0.15) is 22.2 Å². The Labute approximate surface area is 155 Å². The summed E-state index contributed by atoms with van der Waals surface area (Å²) in [7, 11) is 0. The molecule has 0 aliphatic carbocycles. The molecule has 6 nitrogen and oxygen atoms in total. The van der Waals surface area contributed by atoms with E-state index in [-0.39, 0.29) is 5.56 Å². The van der Waals surface area contributed by atoms with Gasteiger partial charge in [0.2, 0.25) is 5.89 Å². The van der Waals surface area contributed by atoms with Gasteiger partial charge in [-0.15, -0.1) is 44.6 Å². The predicted molar refractivity (Wildman–Crippen MR) is 102 cm³/mol. The third-order valence-corrected chi connectivity index (χ3v) is 6.64. The highest BCUT2D eigenvalue weighted by atomic mass is 32.2. The lowest BCUT2D eigenvalue weighted by Crippen LogP contribution is -2.10. The summed E-state index contributed by atoms with van der Waals surface area (Å²) in [4.78, 5) is 22.6. The van der Waals surface area contributed by atoms with Crippen LogP contribution in [0.15, 0.2) is 26.7 Å². The molecular formula is C16H14N4O2S3. The number of aromatic nitrogens is 4. The molecule has 0 saturated heterocycles. The maximum absolute atomic E-state index is 12.3. The van der Waals surface area contributed by atoms with Crippen LogP contribution < -0.4 is 5.56 Å². The van der Waals surface area contributed by atoms with Gasteiger partial charge in [-0.1, -0.05) is 6.07 Å². The van der Waals surface area contributed by atoms with Gasteiger partial charge in [0.25, 0.3) is 11.4 Å². The Hall–Kier alpha value is -1.97. The van der Waals surface area contributed by atoms with Crippen molar-refractivity contribution in [2.75, 3.05) is 0 Å². The first-order valence-electron chi connectivity index (χ1n) is 7.54. The summed E-state index contributed by atoms with van der Waals surface area (Å²) >= 11 is 4.70. The molecule has 25 heavy (non-hydrogen) atoms. The van der Waals surface area contributed by atoms with Crippen molar-refractivity contribution in [3.63, 3.8) is 0 Å². The molecule has 0 aliphatic rings. The molecule has 0 amide bonds. The van der Waals surface area contributed by atoms with E-state index in [1.807, 2.05) is 31.4 Å². The van der Waals surface area contributed by atoms with Crippen LogP contribution in [0.3, 0.4) is 0 Å². The van der Waals surface area contributed by atoms with Crippen LogP contribution >= 0.6 is 34.4 Å². The third-order valence-electron chi connectivity index (χ3n) is 3.75. The second kappa shape index (κ2) is 6.74. The lowest BCUT2D eigenvalue weighted by molar-refractivity contribution is 0.529. The Balaban J connectivity index is 1.45. The summed E-state index contributed by atoms with van der Waals surface area (Å²) in [5.74, 6) is 2.94. The van der Waals surface area contributed by atoms with E-state index >= 15 is 0 Å². The van der Waals surface area contributed by atoms with E-state index in [4.69, 9.17) is 4.42 Å². The zero-order valence-corrected chi connectivity index (χ0v) is 16.0. The molecule has 9 heteroatoms. The van der Waals surface area contributed by atoms with Crippen molar-refractivity contribution in [3.8, 4) is 10.8 Å². The van der Waals surface area contributed by atoms with Gasteiger partial charge in [-0.3, -0.25) is 4.79 Å². The molecule has 4 aromatic rings. The van der Waals surface area contributed by atoms with Crippen LogP contribution in [0.2, 0.25) is 0 Å². The number of thioether (sulfide) groups is 1. The van der Waals surface area contributed by atoms with Gasteiger partial charge in [0.15, 0.2) is 0 Å².